The highest BCUT2D eigenvalue weighted by molar-refractivity contribution is 6.30. The fourth-order valence-electron chi connectivity index (χ4n) is 1.97. The van der Waals surface area contributed by atoms with Gasteiger partial charge in [-0.05, 0) is 35.9 Å². The average Bonchev–Trinajstić information content (AvgIpc) is 2.61. The summed E-state index contributed by atoms with van der Waals surface area (Å²) in [6.07, 6.45) is 2.80. The molecule has 0 radical (unpaired) electrons. The quantitative estimate of drug-likeness (QED) is 0.630. The van der Waals surface area contributed by atoms with Crippen LogP contribution in [0.1, 0.15) is 5.56 Å². The Morgan fingerprint density at radius 3 is 2.38 bits per heavy atom. The fourth-order valence-corrected chi connectivity index (χ4v) is 2.10. The molecular weight excluding hydrogens is 369 g/mol. The van der Waals surface area contributed by atoms with Crippen molar-refractivity contribution in [1.82, 2.24) is 4.90 Å². The second-order valence-electron chi connectivity index (χ2n) is 5.35. The molecule has 1 N–H and O–H groups in total. The molecule has 0 aliphatic rings. The largest absolute Gasteiger partial charge is 0.333 e. The molecule has 0 saturated heterocycles. The van der Waals surface area contributed by atoms with Crippen LogP contribution in [0.15, 0.2) is 42.5 Å². The molecule has 26 heavy (non-hydrogen) atoms. The van der Waals surface area contributed by atoms with Crippen LogP contribution in [-0.2, 0) is 9.59 Å². The number of likely N-dealkylation sites (N-methyl/N-ethyl adjacent to an activating group) is 1. The Kier molecular flexibility index (Phi) is 6.41. The first-order chi connectivity index (χ1) is 12.3. The van der Waals surface area contributed by atoms with Crippen LogP contribution in [0.25, 0.3) is 6.08 Å². The Bertz CT molecular complexity index is 854. The van der Waals surface area contributed by atoms with E-state index in [0.29, 0.717) is 11.1 Å². The minimum Gasteiger partial charge on any atom is -0.333 e. The lowest BCUT2D eigenvalue weighted by Crippen LogP contribution is -2.34. The molecule has 0 unspecified atom stereocenters. The molecule has 2 aromatic rings. The van der Waals surface area contributed by atoms with Gasteiger partial charge >= 0.3 is 0 Å². The summed E-state index contributed by atoms with van der Waals surface area (Å²) in [6.45, 7) is -0.401. The van der Waals surface area contributed by atoms with Crippen LogP contribution in [0.3, 0.4) is 0 Å². The molecule has 8 heteroatoms. The number of halogens is 4. The van der Waals surface area contributed by atoms with E-state index in [1.54, 1.807) is 30.3 Å². The van der Waals surface area contributed by atoms with E-state index < -0.39 is 41.5 Å². The van der Waals surface area contributed by atoms with Gasteiger partial charge in [-0.1, -0.05) is 23.7 Å². The Morgan fingerprint density at radius 2 is 1.73 bits per heavy atom. The van der Waals surface area contributed by atoms with E-state index in [2.05, 4.69) is 5.32 Å². The number of rotatable bonds is 5. The van der Waals surface area contributed by atoms with Crippen molar-refractivity contribution in [3.8, 4) is 0 Å². The normalized spacial score (nSPS) is 10.8. The van der Waals surface area contributed by atoms with Crippen molar-refractivity contribution in [2.75, 3.05) is 18.9 Å². The number of hydrogen-bond acceptors (Lipinski definition) is 2. The highest BCUT2D eigenvalue weighted by atomic mass is 35.5. The maximum Gasteiger partial charge on any atom is 0.246 e. The topological polar surface area (TPSA) is 49.4 Å². The Balaban J connectivity index is 1.95. The molecule has 0 aliphatic heterocycles. The minimum atomic E-state index is -1.68. The van der Waals surface area contributed by atoms with E-state index in [0.717, 1.165) is 16.5 Å². The van der Waals surface area contributed by atoms with Gasteiger partial charge in [0.25, 0.3) is 0 Å². The molecule has 0 atom stereocenters. The molecule has 0 fully saturated rings. The van der Waals surface area contributed by atoms with Crippen LogP contribution in [0.2, 0.25) is 5.02 Å². The van der Waals surface area contributed by atoms with E-state index in [1.165, 1.54) is 13.1 Å². The van der Waals surface area contributed by atoms with E-state index in [9.17, 15) is 22.8 Å². The Morgan fingerprint density at radius 1 is 1.08 bits per heavy atom. The first kappa shape index (κ1) is 19.5. The zero-order valence-electron chi connectivity index (χ0n) is 13.6. The van der Waals surface area contributed by atoms with Gasteiger partial charge in [0.2, 0.25) is 11.8 Å². The molecule has 2 amide bonds. The molecule has 0 aromatic heterocycles. The van der Waals surface area contributed by atoms with Gasteiger partial charge in [-0.3, -0.25) is 9.59 Å². The second kappa shape index (κ2) is 8.53. The summed E-state index contributed by atoms with van der Waals surface area (Å²) in [5.74, 6) is -5.78. The van der Waals surface area contributed by atoms with Crippen LogP contribution in [0, 0.1) is 17.5 Å². The predicted octanol–water partition coefficient (Wildman–Crippen LogP) is 3.87. The monoisotopic (exact) mass is 382 g/mol. The van der Waals surface area contributed by atoms with E-state index in [1.807, 2.05) is 0 Å². The Labute approximate surface area is 152 Å². The van der Waals surface area contributed by atoms with E-state index in [4.69, 9.17) is 11.6 Å². The van der Waals surface area contributed by atoms with Crippen LogP contribution >= 0.6 is 11.6 Å². The van der Waals surface area contributed by atoms with E-state index >= 15 is 0 Å². The average molecular weight is 383 g/mol. The molecule has 4 nitrogen and oxygen atoms in total. The molecule has 136 valence electrons. The zero-order chi connectivity index (χ0) is 19.3. The molecule has 2 rings (SSSR count). The fraction of sp³-hybridized carbons (Fsp3) is 0.111. The van der Waals surface area contributed by atoms with Crippen molar-refractivity contribution in [2.45, 2.75) is 0 Å². The summed E-state index contributed by atoms with van der Waals surface area (Å²) < 4.78 is 39.5. The number of nitrogens with zero attached hydrogens (tertiary/aromatic N) is 1. The third-order valence-electron chi connectivity index (χ3n) is 3.35. The lowest BCUT2D eigenvalue weighted by atomic mass is 10.2. The maximum absolute atomic E-state index is 13.5. The maximum atomic E-state index is 13.5. The van der Waals surface area contributed by atoms with Crippen LogP contribution in [0.5, 0.6) is 0 Å². The number of carbonyl (C=O) groups excluding carboxylic acids is 2. The first-order valence-electron chi connectivity index (χ1n) is 7.40. The summed E-state index contributed by atoms with van der Waals surface area (Å²) in [5, 5.41) is 2.65. The predicted molar refractivity (Wildman–Crippen MR) is 93.1 cm³/mol. The van der Waals surface area contributed by atoms with Crippen molar-refractivity contribution in [3.05, 3.63) is 70.5 Å². The van der Waals surface area contributed by atoms with Gasteiger partial charge in [0.1, 0.15) is 0 Å². The first-order valence-corrected chi connectivity index (χ1v) is 7.78. The number of nitrogens with one attached hydrogen (secondary N) is 1. The van der Waals surface area contributed by atoms with Crippen LogP contribution in [-0.4, -0.2) is 30.3 Å². The van der Waals surface area contributed by atoms with Crippen LogP contribution in [0.4, 0.5) is 18.9 Å². The van der Waals surface area contributed by atoms with Crippen molar-refractivity contribution >= 4 is 35.2 Å². The summed E-state index contributed by atoms with van der Waals surface area (Å²) in [4.78, 5) is 24.9. The van der Waals surface area contributed by atoms with Gasteiger partial charge in [0, 0.05) is 18.1 Å². The number of carbonyl (C=O) groups is 2. The minimum absolute atomic E-state index is 0.401. The Hall–Kier alpha value is -2.80. The lowest BCUT2D eigenvalue weighted by molar-refractivity contribution is -0.129. The van der Waals surface area contributed by atoms with Crippen LogP contribution < -0.4 is 5.32 Å². The van der Waals surface area contributed by atoms with Gasteiger partial charge in [-0.25, -0.2) is 13.2 Å². The molecule has 0 heterocycles. The molecule has 0 bridgehead atoms. The third kappa shape index (κ3) is 5.10. The van der Waals surface area contributed by atoms with Crippen molar-refractivity contribution in [2.24, 2.45) is 0 Å². The van der Waals surface area contributed by atoms with Crippen molar-refractivity contribution in [3.63, 3.8) is 0 Å². The number of benzene rings is 2. The summed E-state index contributed by atoms with van der Waals surface area (Å²) >= 11 is 5.76. The van der Waals surface area contributed by atoms with Gasteiger partial charge in [0.15, 0.2) is 17.5 Å². The highest BCUT2D eigenvalue weighted by Crippen LogP contribution is 2.19. The molecule has 0 aliphatic carbocycles. The molecule has 2 aromatic carbocycles. The summed E-state index contributed by atoms with van der Waals surface area (Å²) in [6, 6.07) is 8.35. The smallest absolute Gasteiger partial charge is 0.246 e. The summed E-state index contributed by atoms with van der Waals surface area (Å²) in [7, 11) is 1.37. The second-order valence-corrected chi connectivity index (χ2v) is 5.79. The van der Waals surface area contributed by atoms with Crippen molar-refractivity contribution < 1.29 is 22.8 Å². The third-order valence-corrected chi connectivity index (χ3v) is 3.61. The SMILES string of the molecule is CN(CC(=O)Nc1ccc(F)c(F)c1F)C(=O)/C=C/c1ccc(Cl)cc1. The van der Waals surface area contributed by atoms with Gasteiger partial charge in [-0.15, -0.1) is 0 Å². The van der Waals surface area contributed by atoms with Crippen molar-refractivity contribution in [1.29, 1.82) is 0 Å². The molecule has 0 spiro atoms. The highest BCUT2D eigenvalue weighted by Gasteiger charge is 2.16. The number of anilines is 1. The van der Waals surface area contributed by atoms with Gasteiger partial charge in [0.05, 0.1) is 12.2 Å². The van der Waals surface area contributed by atoms with E-state index in [-0.39, 0.29) is 0 Å². The lowest BCUT2D eigenvalue weighted by Gasteiger charge is -2.15. The van der Waals surface area contributed by atoms with Gasteiger partial charge < -0.3 is 10.2 Å². The zero-order valence-corrected chi connectivity index (χ0v) is 14.4. The van der Waals surface area contributed by atoms with Gasteiger partial charge in [-0.2, -0.15) is 0 Å². The number of hydrogen-bond donors (Lipinski definition) is 1. The number of amides is 2. The standard InChI is InChI=1S/C18H14ClF3N2O2/c1-24(16(26)9-4-11-2-5-12(19)6-3-11)10-15(25)23-14-8-7-13(20)17(21)18(14)22/h2-9H,10H2,1H3,(H,23,25)/b9-4+. The summed E-state index contributed by atoms with van der Waals surface area (Å²) in [5.41, 5.74) is 0.232. The molecular formula is C18H14ClF3N2O2. The molecule has 0 saturated carbocycles.